The lowest BCUT2D eigenvalue weighted by Crippen LogP contribution is -2.52. The second kappa shape index (κ2) is 24.3. The summed E-state index contributed by atoms with van der Waals surface area (Å²) in [4.78, 5) is 59.2. The number of aromatic amines is 1. The Morgan fingerprint density at radius 3 is 2.30 bits per heavy atom. The number of hydrogen-bond donors (Lipinski definition) is 3. The number of esters is 1. The van der Waals surface area contributed by atoms with Crippen molar-refractivity contribution in [1.29, 1.82) is 0 Å². The molecule has 0 radical (unpaired) electrons. The van der Waals surface area contributed by atoms with Crippen LogP contribution in [0.5, 0.6) is 11.5 Å². The molecule has 2 aromatic heterocycles. The van der Waals surface area contributed by atoms with Gasteiger partial charge in [-0.25, -0.2) is 14.4 Å². The van der Waals surface area contributed by atoms with Crippen LogP contribution in [0.25, 0.3) is 10.9 Å². The van der Waals surface area contributed by atoms with Gasteiger partial charge in [0.25, 0.3) is 0 Å². The molecule has 8 rings (SSSR count). The van der Waals surface area contributed by atoms with E-state index in [4.69, 9.17) is 27.8 Å². The number of nitrogens with zero attached hydrogens (tertiary/aromatic N) is 2. The van der Waals surface area contributed by atoms with Crippen LogP contribution in [-0.4, -0.2) is 97.4 Å². The Balaban J connectivity index is 0.00000469. The summed E-state index contributed by atoms with van der Waals surface area (Å²) in [7, 11) is -2.46. The van der Waals surface area contributed by atoms with Gasteiger partial charge in [-0.2, -0.15) is 0 Å². The third-order valence-corrected chi connectivity index (χ3v) is 17.8. The highest BCUT2D eigenvalue weighted by Gasteiger charge is 2.41. The number of phenolic OH excluding ortho intramolecular Hbond substituents is 1. The number of piperidine rings is 3. The fraction of sp³-hybridized carbons (Fsp3) is 0.472. The second-order valence-corrected chi connectivity index (χ2v) is 25.4. The summed E-state index contributed by atoms with van der Waals surface area (Å²) in [6.07, 6.45) is 1.26. The first kappa shape index (κ1) is 56.4. The Kier molecular flexibility index (Phi) is 19.3. The van der Waals surface area contributed by atoms with Gasteiger partial charge in [0.1, 0.15) is 35.6 Å². The van der Waals surface area contributed by atoms with Crippen molar-refractivity contribution in [3.05, 3.63) is 130 Å². The van der Waals surface area contributed by atoms with Gasteiger partial charge in [0, 0.05) is 24.5 Å². The van der Waals surface area contributed by atoms with Crippen LogP contribution in [-0.2, 0) is 25.2 Å². The monoisotopic (exact) mass is 1040 g/mol. The first-order chi connectivity index (χ1) is 32.7. The number of rotatable bonds is 18. The van der Waals surface area contributed by atoms with E-state index in [0.717, 1.165) is 43.6 Å². The van der Waals surface area contributed by atoms with Crippen molar-refractivity contribution in [3.63, 3.8) is 0 Å². The number of aromatic nitrogens is 1. The van der Waals surface area contributed by atoms with Crippen LogP contribution in [0.15, 0.2) is 100 Å². The van der Waals surface area contributed by atoms with Gasteiger partial charge in [0.15, 0.2) is 8.32 Å². The number of furan rings is 1. The number of halogens is 2. The summed E-state index contributed by atoms with van der Waals surface area (Å²) in [5, 5.41) is 14.2. The molecule has 0 saturated carbocycles. The van der Waals surface area contributed by atoms with Crippen LogP contribution in [0.2, 0.25) is 18.1 Å². The Hall–Kier alpha value is -5.52. The van der Waals surface area contributed by atoms with E-state index < -0.39 is 44.2 Å². The number of aromatic hydroxyl groups is 1. The summed E-state index contributed by atoms with van der Waals surface area (Å²) in [6, 6.07) is 26.3. The molecule has 3 aliphatic rings. The molecule has 2 bridgehead atoms. The first-order valence-electron chi connectivity index (χ1n) is 24.0. The number of carbonyl (C=O) groups is 3. The number of alkyl carbamates (subject to hydrolysis) is 1. The minimum atomic E-state index is -2.46. The molecule has 0 aliphatic carbocycles. The topological polar surface area (TPSA) is 182 Å². The van der Waals surface area contributed by atoms with Crippen molar-refractivity contribution in [3.8, 4) is 11.5 Å². The second-order valence-electron chi connectivity index (χ2n) is 20.6. The summed E-state index contributed by atoms with van der Waals surface area (Å²) in [5.41, 5.74) is 1.59. The molecule has 3 aromatic carbocycles. The largest absolute Gasteiger partial charge is 0.506 e. The molecule has 3 atom stereocenters. The van der Waals surface area contributed by atoms with E-state index >= 15 is 0 Å². The lowest BCUT2D eigenvalue weighted by Gasteiger charge is -2.43. The normalized spacial score (nSPS) is 17.5. The zero-order chi connectivity index (χ0) is 49.5. The highest BCUT2D eigenvalue weighted by atomic mass is 35.5. The fourth-order valence-electron chi connectivity index (χ4n) is 8.54. The average Bonchev–Trinajstić information content (AvgIpc) is 3.79. The SMILES string of the molecule is CC(C)(C)OC(=O)N(CCCCOC(=O)c1ccc(COc2cccc([C@@H](NC(=O)OC3CN4CCC3CC4)c3ccccc3)c2)o1)CC(O[Si](C)(C)C(C)(C)C)c1ccc(O)c2[nH]c(=O)ccc12.Cl.Cl. The van der Waals surface area contributed by atoms with Crippen molar-refractivity contribution in [2.24, 2.45) is 5.92 Å². The van der Waals surface area contributed by atoms with Crippen LogP contribution in [0, 0.1) is 5.92 Å². The Bertz CT molecular complexity index is 2620. The van der Waals surface area contributed by atoms with E-state index in [2.05, 4.69) is 49.1 Å². The maximum Gasteiger partial charge on any atom is 0.410 e. The highest BCUT2D eigenvalue weighted by molar-refractivity contribution is 6.74. The number of carbonyl (C=O) groups excluding carboxylic acids is 3. The number of benzene rings is 3. The molecule has 3 saturated heterocycles. The van der Waals surface area contributed by atoms with E-state index in [-0.39, 0.29) is 84.8 Å². The third-order valence-electron chi connectivity index (χ3n) is 13.3. The molecular weight excluding hydrogens is 968 g/mol. The minimum Gasteiger partial charge on any atom is -0.506 e. The molecule has 5 aromatic rings. The van der Waals surface area contributed by atoms with Crippen molar-refractivity contribution < 1.29 is 47.3 Å². The van der Waals surface area contributed by atoms with Crippen molar-refractivity contribution >= 4 is 62.2 Å². The number of ether oxygens (including phenoxy) is 4. The number of pyridine rings is 1. The number of fused-ring (bicyclic) bond motifs is 4. The van der Waals surface area contributed by atoms with Crippen LogP contribution in [0.3, 0.4) is 0 Å². The summed E-state index contributed by atoms with van der Waals surface area (Å²) >= 11 is 0. The number of H-pyrrole nitrogens is 1. The molecule has 18 heteroatoms. The number of hydrogen-bond acceptors (Lipinski definition) is 12. The fourth-order valence-corrected chi connectivity index (χ4v) is 9.80. The van der Waals surface area contributed by atoms with Gasteiger partial charge in [-0.15, -0.1) is 24.8 Å². The molecule has 386 valence electrons. The van der Waals surface area contributed by atoms with Gasteiger partial charge in [-0.05, 0) is 137 Å². The van der Waals surface area contributed by atoms with Gasteiger partial charge in [0.2, 0.25) is 11.3 Å². The number of phenols is 1. The lowest BCUT2D eigenvalue weighted by atomic mass is 9.86. The smallest absolute Gasteiger partial charge is 0.410 e. The summed E-state index contributed by atoms with van der Waals surface area (Å²) < 4.78 is 36.4. The van der Waals surface area contributed by atoms with Gasteiger partial charge in [-0.1, -0.05) is 69.3 Å². The van der Waals surface area contributed by atoms with Crippen LogP contribution < -0.4 is 15.6 Å². The quantitative estimate of drug-likeness (QED) is 0.0327. The first-order valence-corrected chi connectivity index (χ1v) is 26.9. The van der Waals surface area contributed by atoms with Crippen LogP contribution in [0.1, 0.15) is 112 Å². The van der Waals surface area contributed by atoms with Gasteiger partial charge in [-0.3, -0.25) is 9.69 Å². The van der Waals surface area contributed by atoms with Gasteiger partial charge < -0.3 is 48.1 Å². The van der Waals surface area contributed by atoms with E-state index in [0.29, 0.717) is 41.2 Å². The zero-order valence-corrected chi connectivity index (χ0v) is 44.6. The molecule has 3 N–H and O–H groups in total. The molecule has 15 nitrogen and oxygen atoms in total. The van der Waals surface area contributed by atoms with Crippen molar-refractivity contribution in [1.82, 2.24) is 20.1 Å². The van der Waals surface area contributed by atoms with Gasteiger partial charge >= 0.3 is 18.2 Å². The third kappa shape index (κ3) is 15.0. The van der Waals surface area contributed by atoms with Crippen LogP contribution in [0.4, 0.5) is 9.59 Å². The average molecular weight is 1040 g/mol. The molecule has 0 spiro atoms. The predicted molar refractivity (Wildman–Crippen MR) is 279 cm³/mol. The lowest BCUT2D eigenvalue weighted by molar-refractivity contribution is -0.0336. The molecule has 3 fully saturated rings. The van der Waals surface area contributed by atoms with Crippen molar-refractivity contribution in [2.75, 3.05) is 39.3 Å². The maximum absolute atomic E-state index is 13.8. The zero-order valence-electron chi connectivity index (χ0n) is 42.0. The van der Waals surface area contributed by atoms with E-state index in [1.165, 1.54) is 12.1 Å². The Morgan fingerprint density at radius 1 is 0.901 bits per heavy atom. The van der Waals surface area contributed by atoms with Crippen molar-refractivity contribution in [2.45, 2.75) is 116 Å². The van der Waals surface area contributed by atoms with E-state index in [9.17, 15) is 24.3 Å². The molecule has 5 heterocycles. The highest BCUT2D eigenvalue weighted by Crippen LogP contribution is 2.42. The number of nitrogens with one attached hydrogen (secondary N) is 2. The molecule has 2 amide bonds. The Labute approximate surface area is 429 Å². The van der Waals surface area contributed by atoms with E-state index in [1.807, 2.05) is 54.6 Å². The number of unbranched alkanes of at least 4 members (excludes halogenated alkanes) is 1. The maximum atomic E-state index is 13.8. The molecule has 3 aliphatic heterocycles. The standard InChI is InChI=1S/C53H68N4O11Si.2ClH/c1-52(2,3)67-51(62)57(33-45(68-69(7,8)53(4,5)6)40-20-22-42(58)48-41(40)21-24-46(59)54-48)27-12-13-30-63-49(60)43-23-19-39(65-43)34-64-38-18-14-17-37(31-38)47(36-15-10-9-11-16-36)55-50(61)66-44-32-56-28-25-35(44)26-29-56;;/h9-11,14-24,31,35,44-45,47,58H,12-13,25-30,32-34H2,1-8H3,(H,54,59)(H,55,61);2*1H/t44?,45?,47-;;/m0../s1. The predicted octanol–water partition coefficient (Wildman–Crippen LogP) is 11.1. The molecule has 2 unspecified atom stereocenters. The molecular formula is C53H70Cl2N4O11Si. The minimum absolute atomic E-state index is 0. The van der Waals surface area contributed by atoms with E-state index in [1.54, 1.807) is 49.9 Å². The van der Waals surface area contributed by atoms with Crippen LogP contribution >= 0.6 is 24.8 Å². The molecule has 71 heavy (non-hydrogen) atoms. The Morgan fingerprint density at radius 2 is 1.62 bits per heavy atom. The van der Waals surface area contributed by atoms with Gasteiger partial charge in [0.05, 0.1) is 30.8 Å². The summed E-state index contributed by atoms with van der Waals surface area (Å²) in [6.45, 7) is 19.5. The number of amides is 2. The summed E-state index contributed by atoms with van der Waals surface area (Å²) in [5.74, 6) is 0.685.